The molecule has 112 valence electrons. The lowest BCUT2D eigenvalue weighted by molar-refractivity contribution is -0.0202. The minimum Gasteiger partial charge on any atom is -0.388 e. The van der Waals surface area contributed by atoms with E-state index in [1.165, 1.54) is 11.6 Å². The average Bonchev–Trinajstić information content (AvgIpc) is 2.39. The highest BCUT2D eigenvalue weighted by molar-refractivity contribution is 5.60. The minimum absolute atomic E-state index is 0.142. The largest absolute Gasteiger partial charge is 0.388 e. The van der Waals surface area contributed by atoms with E-state index in [1.54, 1.807) is 0 Å². The highest BCUT2D eigenvalue weighted by Gasteiger charge is 2.34. The van der Waals surface area contributed by atoms with Crippen LogP contribution in [0.15, 0.2) is 9.59 Å². The van der Waals surface area contributed by atoms with Crippen LogP contribution < -0.4 is 22.3 Å². The van der Waals surface area contributed by atoms with Crippen LogP contribution in [0.1, 0.15) is 32.6 Å². The molecule has 1 aromatic rings. The van der Waals surface area contributed by atoms with E-state index in [4.69, 9.17) is 5.73 Å². The van der Waals surface area contributed by atoms with E-state index in [0.717, 1.165) is 30.3 Å². The van der Waals surface area contributed by atoms with Crippen molar-refractivity contribution in [2.75, 3.05) is 17.6 Å². The summed E-state index contributed by atoms with van der Waals surface area (Å²) in [5.41, 5.74) is 4.50. The zero-order chi connectivity index (χ0) is 14.9. The molecule has 1 saturated carbocycles. The standard InChI is InChI=1S/C13H22N4O3/c1-3-7-17-10(14)9(11(18)16(2)12(17)19)15-8-13(20)5-4-6-13/h15,20H,3-8,14H2,1-2H3. The van der Waals surface area contributed by atoms with Crippen LogP contribution in [0, 0.1) is 0 Å². The van der Waals surface area contributed by atoms with Crippen LogP contribution in [0.3, 0.4) is 0 Å². The van der Waals surface area contributed by atoms with Crippen molar-refractivity contribution in [3.8, 4) is 0 Å². The molecule has 20 heavy (non-hydrogen) atoms. The van der Waals surface area contributed by atoms with E-state index in [-0.39, 0.29) is 18.1 Å². The second-order valence-corrected chi connectivity index (χ2v) is 5.49. The van der Waals surface area contributed by atoms with Gasteiger partial charge in [0.25, 0.3) is 5.56 Å². The summed E-state index contributed by atoms with van der Waals surface area (Å²) in [7, 11) is 1.43. The maximum absolute atomic E-state index is 12.1. The molecule has 0 amide bonds. The van der Waals surface area contributed by atoms with E-state index in [2.05, 4.69) is 5.32 Å². The Bertz CT molecular complexity index is 613. The fourth-order valence-corrected chi connectivity index (χ4v) is 2.40. The van der Waals surface area contributed by atoms with Crippen LogP contribution in [-0.4, -0.2) is 26.4 Å². The Morgan fingerprint density at radius 3 is 2.55 bits per heavy atom. The first-order chi connectivity index (χ1) is 9.39. The van der Waals surface area contributed by atoms with Gasteiger partial charge in [-0.1, -0.05) is 6.92 Å². The SMILES string of the molecule is CCCn1c(N)c(NCC2(O)CCC2)c(=O)n(C)c1=O. The monoisotopic (exact) mass is 282 g/mol. The van der Waals surface area contributed by atoms with Gasteiger partial charge in [0, 0.05) is 20.1 Å². The minimum atomic E-state index is -0.761. The molecular formula is C13H22N4O3. The van der Waals surface area contributed by atoms with E-state index in [0.29, 0.717) is 6.54 Å². The summed E-state index contributed by atoms with van der Waals surface area (Å²) in [5, 5.41) is 13.0. The zero-order valence-electron chi connectivity index (χ0n) is 12.0. The Kier molecular flexibility index (Phi) is 3.89. The van der Waals surface area contributed by atoms with Crippen LogP contribution in [0.4, 0.5) is 11.5 Å². The van der Waals surface area contributed by atoms with E-state index in [1.807, 2.05) is 6.92 Å². The molecule has 0 spiro atoms. The maximum Gasteiger partial charge on any atom is 0.332 e. The number of nitrogens with two attached hydrogens (primary N) is 1. The van der Waals surface area contributed by atoms with Crippen LogP contribution in [0.25, 0.3) is 0 Å². The lowest BCUT2D eigenvalue weighted by Gasteiger charge is -2.36. The third-order valence-corrected chi connectivity index (χ3v) is 3.91. The number of nitrogens with one attached hydrogen (secondary N) is 1. The van der Waals surface area contributed by atoms with Crippen molar-refractivity contribution in [2.45, 2.75) is 44.8 Å². The second kappa shape index (κ2) is 5.32. The summed E-state index contributed by atoms with van der Waals surface area (Å²) >= 11 is 0. The van der Waals surface area contributed by atoms with Gasteiger partial charge in [0.05, 0.1) is 5.60 Å². The number of aliphatic hydroxyl groups is 1. The van der Waals surface area contributed by atoms with E-state index in [9.17, 15) is 14.7 Å². The van der Waals surface area contributed by atoms with E-state index < -0.39 is 16.9 Å². The van der Waals surface area contributed by atoms with Gasteiger partial charge in [0.15, 0.2) is 0 Å². The van der Waals surface area contributed by atoms with Crippen molar-refractivity contribution in [1.82, 2.24) is 9.13 Å². The van der Waals surface area contributed by atoms with Gasteiger partial charge in [-0.25, -0.2) is 4.79 Å². The van der Waals surface area contributed by atoms with Crippen molar-refractivity contribution in [1.29, 1.82) is 0 Å². The first kappa shape index (κ1) is 14.6. The third kappa shape index (κ3) is 2.45. The molecule has 0 unspecified atom stereocenters. The predicted molar refractivity (Wildman–Crippen MR) is 77.9 cm³/mol. The smallest absolute Gasteiger partial charge is 0.332 e. The molecule has 0 aromatic carbocycles. The van der Waals surface area contributed by atoms with Gasteiger partial charge in [-0.2, -0.15) is 0 Å². The number of hydrogen-bond donors (Lipinski definition) is 3. The summed E-state index contributed by atoms with van der Waals surface area (Å²) in [5.74, 6) is 0.142. The molecule has 2 rings (SSSR count). The fraction of sp³-hybridized carbons (Fsp3) is 0.692. The molecule has 0 radical (unpaired) electrons. The van der Waals surface area contributed by atoms with Gasteiger partial charge in [-0.15, -0.1) is 0 Å². The summed E-state index contributed by atoms with van der Waals surface area (Å²) < 4.78 is 2.42. The first-order valence-electron chi connectivity index (χ1n) is 6.95. The number of aromatic nitrogens is 2. The Balaban J connectivity index is 2.36. The van der Waals surface area contributed by atoms with Crippen molar-refractivity contribution < 1.29 is 5.11 Å². The summed E-state index contributed by atoms with van der Waals surface area (Å²) in [6.45, 7) is 2.66. The third-order valence-electron chi connectivity index (χ3n) is 3.91. The molecule has 0 atom stereocenters. The zero-order valence-corrected chi connectivity index (χ0v) is 12.0. The van der Waals surface area contributed by atoms with Crippen molar-refractivity contribution in [3.05, 3.63) is 20.8 Å². The van der Waals surface area contributed by atoms with Crippen LogP contribution in [0.5, 0.6) is 0 Å². The summed E-state index contributed by atoms with van der Waals surface area (Å²) in [4.78, 5) is 24.1. The van der Waals surface area contributed by atoms with Crippen LogP contribution >= 0.6 is 0 Å². The Morgan fingerprint density at radius 2 is 2.05 bits per heavy atom. The van der Waals surface area contributed by atoms with Crippen molar-refractivity contribution >= 4 is 11.5 Å². The predicted octanol–water partition coefficient (Wildman–Crippen LogP) is -0.134. The molecule has 0 aliphatic heterocycles. The number of nitrogen functional groups attached to an aromatic ring is 1. The van der Waals surface area contributed by atoms with E-state index >= 15 is 0 Å². The molecule has 0 bridgehead atoms. The second-order valence-electron chi connectivity index (χ2n) is 5.49. The van der Waals surface area contributed by atoms with Crippen molar-refractivity contribution in [3.63, 3.8) is 0 Å². The highest BCUT2D eigenvalue weighted by atomic mass is 16.3. The normalized spacial score (nSPS) is 16.8. The van der Waals surface area contributed by atoms with Crippen molar-refractivity contribution in [2.24, 2.45) is 7.05 Å². The number of hydrogen-bond acceptors (Lipinski definition) is 5. The summed E-state index contributed by atoms with van der Waals surface area (Å²) in [6.07, 6.45) is 3.16. The highest BCUT2D eigenvalue weighted by Crippen LogP contribution is 2.31. The number of rotatable bonds is 5. The molecule has 7 nitrogen and oxygen atoms in total. The van der Waals surface area contributed by atoms with Gasteiger partial charge in [0.2, 0.25) is 0 Å². The quantitative estimate of drug-likeness (QED) is 0.698. The molecular weight excluding hydrogens is 260 g/mol. The van der Waals surface area contributed by atoms with Gasteiger partial charge < -0.3 is 16.2 Å². The average molecular weight is 282 g/mol. The Morgan fingerprint density at radius 1 is 1.40 bits per heavy atom. The van der Waals surface area contributed by atoms with Gasteiger partial charge in [0.1, 0.15) is 11.5 Å². The molecule has 1 fully saturated rings. The Labute approximate surface area is 117 Å². The lowest BCUT2D eigenvalue weighted by atomic mass is 9.80. The molecule has 1 aliphatic rings. The topological polar surface area (TPSA) is 102 Å². The Hall–Kier alpha value is -1.76. The van der Waals surface area contributed by atoms with Crippen LogP contribution in [-0.2, 0) is 13.6 Å². The molecule has 4 N–H and O–H groups in total. The maximum atomic E-state index is 12.1. The molecule has 1 aliphatic carbocycles. The van der Waals surface area contributed by atoms with Gasteiger partial charge >= 0.3 is 5.69 Å². The summed E-state index contributed by atoms with van der Waals surface area (Å²) in [6, 6.07) is 0. The number of anilines is 2. The molecule has 1 aromatic heterocycles. The molecule has 0 saturated heterocycles. The molecule has 1 heterocycles. The number of nitrogens with zero attached hydrogens (tertiary/aromatic N) is 2. The lowest BCUT2D eigenvalue weighted by Crippen LogP contribution is -2.46. The van der Waals surface area contributed by atoms with Gasteiger partial charge in [-0.3, -0.25) is 13.9 Å². The molecule has 7 heteroatoms. The van der Waals surface area contributed by atoms with Gasteiger partial charge in [-0.05, 0) is 25.7 Å². The fourth-order valence-electron chi connectivity index (χ4n) is 2.40. The first-order valence-corrected chi connectivity index (χ1v) is 6.95. The van der Waals surface area contributed by atoms with Crippen LogP contribution in [0.2, 0.25) is 0 Å².